The van der Waals surface area contributed by atoms with Crippen molar-refractivity contribution >= 4 is 17.9 Å². The first-order valence-electron chi connectivity index (χ1n) is 9.10. The molecule has 5 heteroatoms. The van der Waals surface area contributed by atoms with Crippen LogP contribution < -0.4 is 4.90 Å². The number of anilines is 1. The van der Waals surface area contributed by atoms with Gasteiger partial charge >= 0.3 is 0 Å². The fraction of sp³-hybridized carbons (Fsp3) is 0.333. The second kappa shape index (κ2) is 7.87. The predicted octanol–water partition coefficient (Wildman–Crippen LogP) is 5.57. The first-order chi connectivity index (χ1) is 12.5. The summed E-state index contributed by atoms with van der Waals surface area (Å²) in [6.45, 7) is 7.62. The van der Waals surface area contributed by atoms with E-state index >= 15 is 0 Å². The van der Waals surface area contributed by atoms with Crippen LogP contribution >= 0.6 is 12.2 Å². The molecule has 0 radical (unpaired) electrons. The molecule has 0 unspecified atom stereocenters. The summed E-state index contributed by atoms with van der Waals surface area (Å²) < 4.78 is 2.60. The highest BCUT2D eigenvalue weighted by molar-refractivity contribution is 7.71. The Kier molecular flexibility index (Phi) is 5.57. The first kappa shape index (κ1) is 18.4. The van der Waals surface area contributed by atoms with Crippen LogP contribution in [-0.2, 0) is 0 Å². The minimum atomic E-state index is 0.471. The zero-order chi connectivity index (χ0) is 18.7. The van der Waals surface area contributed by atoms with Gasteiger partial charge in [0.25, 0.3) is 0 Å². The number of benzene rings is 2. The molecule has 0 fully saturated rings. The number of nitrogens with one attached hydrogen (secondary N) is 1. The van der Waals surface area contributed by atoms with E-state index in [-0.39, 0.29) is 0 Å². The molecule has 0 saturated carbocycles. The lowest BCUT2D eigenvalue weighted by Gasteiger charge is -2.18. The van der Waals surface area contributed by atoms with Crippen LogP contribution in [0, 0.1) is 4.77 Å². The van der Waals surface area contributed by atoms with Gasteiger partial charge in [0, 0.05) is 24.8 Å². The quantitative estimate of drug-likeness (QED) is 0.580. The summed E-state index contributed by atoms with van der Waals surface area (Å²) in [7, 11) is 2.12. The van der Waals surface area contributed by atoms with Gasteiger partial charge in [0.2, 0.25) is 0 Å². The molecule has 0 aliphatic heterocycles. The normalized spacial score (nSPS) is 11.1. The zero-order valence-electron chi connectivity index (χ0n) is 15.9. The summed E-state index contributed by atoms with van der Waals surface area (Å²) >= 11 is 5.50. The van der Waals surface area contributed by atoms with E-state index in [9.17, 15) is 0 Å². The summed E-state index contributed by atoms with van der Waals surface area (Å²) in [6.07, 6.45) is 1.13. The fourth-order valence-corrected chi connectivity index (χ4v) is 3.33. The SMILES string of the molecule is CCCN(C)c1ccc(-n2c(-c3cccc(C(C)C)c3)n[nH]c2=S)cc1. The Bertz CT molecular complexity index is 922. The average Bonchev–Trinajstić information content (AvgIpc) is 3.03. The zero-order valence-corrected chi connectivity index (χ0v) is 16.7. The van der Waals surface area contributed by atoms with Crippen molar-refractivity contribution in [3.8, 4) is 17.1 Å². The van der Waals surface area contributed by atoms with E-state index in [1.54, 1.807) is 0 Å². The molecule has 0 aliphatic rings. The van der Waals surface area contributed by atoms with Gasteiger partial charge in [0.15, 0.2) is 10.6 Å². The molecule has 0 spiro atoms. The Morgan fingerprint density at radius 1 is 1.15 bits per heavy atom. The third-order valence-corrected chi connectivity index (χ3v) is 4.87. The highest BCUT2D eigenvalue weighted by Gasteiger charge is 2.12. The first-order valence-corrected chi connectivity index (χ1v) is 9.51. The number of H-pyrrole nitrogens is 1. The van der Waals surface area contributed by atoms with Crippen LogP contribution in [0.1, 0.15) is 38.7 Å². The number of rotatable bonds is 6. The van der Waals surface area contributed by atoms with Gasteiger partial charge in [-0.2, -0.15) is 5.10 Å². The van der Waals surface area contributed by atoms with Crippen LogP contribution in [0.4, 0.5) is 5.69 Å². The lowest BCUT2D eigenvalue weighted by molar-refractivity contribution is 0.852. The maximum atomic E-state index is 5.50. The molecule has 1 N–H and O–H groups in total. The lowest BCUT2D eigenvalue weighted by atomic mass is 10.0. The topological polar surface area (TPSA) is 36.9 Å². The Morgan fingerprint density at radius 3 is 2.54 bits per heavy atom. The maximum absolute atomic E-state index is 5.50. The Hall–Kier alpha value is -2.40. The molecule has 0 amide bonds. The van der Waals surface area contributed by atoms with E-state index in [1.165, 1.54) is 11.3 Å². The van der Waals surface area contributed by atoms with E-state index in [0.29, 0.717) is 10.7 Å². The fourth-order valence-electron chi connectivity index (χ4n) is 3.09. The van der Waals surface area contributed by atoms with Gasteiger partial charge in [-0.05, 0) is 60.5 Å². The van der Waals surface area contributed by atoms with Crippen molar-refractivity contribution in [2.24, 2.45) is 0 Å². The summed E-state index contributed by atoms with van der Waals surface area (Å²) in [6, 6.07) is 17.0. The van der Waals surface area contributed by atoms with Crippen molar-refractivity contribution in [3.05, 3.63) is 58.9 Å². The average molecular weight is 367 g/mol. The number of hydrogen-bond donors (Lipinski definition) is 1. The van der Waals surface area contributed by atoms with Gasteiger partial charge in [0.05, 0.1) is 5.69 Å². The number of aromatic nitrogens is 3. The summed E-state index contributed by atoms with van der Waals surface area (Å²) in [5.74, 6) is 1.31. The molecule has 0 saturated heterocycles. The third-order valence-electron chi connectivity index (χ3n) is 4.59. The molecular weight excluding hydrogens is 340 g/mol. The summed E-state index contributed by atoms with van der Waals surface area (Å²) in [5.41, 5.74) is 4.58. The molecule has 136 valence electrons. The maximum Gasteiger partial charge on any atom is 0.200 e. The second-order valence-electron chi connectivity index (χ2n) is 6.91. The van der Waals surface area contributed by atoms with E-state index in [0.717, 1.165) is 30.0 Å². The van der Waals surface area contributed by atoms with E-state index in [4.69, 9.17) is 12.2 Å². The largest absolute Gasteiger partial charge is 0.375 e. The Morgan fingerprint density at radius 2 is 1.88 bits per heavy atom. The van der Waals surface area contributed by atoms with Crippen molar-refractivity contribution in [3.63, 3.8) is 0 Å². The molecule has 26 heavy (non-hydrogen) atoms. The van der Waals surface area contributed by atoms with Gasteiger partial charge in [-0.3, -0.25) is 9.67 Å². The van der Waals surface area contributed by atoms with E-state index in [1.807, 2.05) is 4.57 Å². The van der Waals surface area contributed by atoms with Crippen LogP contribution in [0.25, 0.3) is 17.1 Å². The van der Waals surface area contributed by atoms with Crippen molar-refractivity contribution in [1.29, 1.82) is 0 Å². The van der Waals surface area contributed by atoms with Gasteiger partial charge in [-0.15, -0.1) is 0 Å². The van der Waals surface area contributed by atoms with Crippen molar-refractivity contribution in [1.82, 2.24) is 14.8 Å². The Balaban J connectivity index is 2.01. The van der Waals surface area contributed by atoms with Crippen LogP contribution in [0.3, 0.4) is 0 Å². The minimum Gasteiger partial charge on any atom is -0.375 e. The van der Waals surface area contributed by atoms with Crippen molar-refractivity contribution < 1.29 is 0 Å². The van der Waals surface area contributed by atoms with Gasteiger partial charge < -0.3 is 4.90 Å². The molecule has 1 heterocycles. The monoisotopic (exact) mass is 366 g/mol. The van der Waals surface area contributed by atoms with Crippen LogP contribution in [-0.4, -0.2) is 28.4 Å². The molecule has 0 bridgehead atoms. The van der Waals surface area contributed by atoms with Gasteiger partial charge in [-0.1, -0.05) is 39.0 Å². The highest BCUT2D eigenvalue weighted by Crippen LogP contribution is 2.26. The Labute approximate surface area is 160 Å². The molecule has 3 rings (SSSR count). The molecule has 2 aromatic carbocycles. The predicted molar refractivity (Wildman–Crippen MR) is 112 cm³/mol. The molecule has 0 atom stereocenters. The molecule has 4 nitrogen and oxygen atoms in total. The smallest absolute Gasteiger partial charge is 0.200 e. The van der Waals surface area contributed by atoms with Crippen LogP contribution in [0.5, 0.6) is 0 Å². The number of hydrogen-bond acceptors (Lipinski definition) is 3. The highest BCUT2D eigenvalue weighted by atomic mass is 32.1. The van der Waals surface area contributed by atoms with Crippen molar-refractivity contribution in [2.75, 3.05) is 18.5 Å². The molecule has 3 aromatic rings. The summed E-state index contributed by atoms with van der Waals surface area (Å²) in [4.78, 5) is 2.26. The van der Waals surface area contributed by atoms with Crippen LogP contribution in [0.15, 0.2) is 48.5 Å². The molecule has 1 aromatic heterocycles. The summed E-state index contributed by atoms with van der Waals surface area (Å²) in [5, 5.41) is 7.43. The second-order valence-corrected chi connectivity index (χ2v) is 7.29. The standard InChI is InChI=1S/C21H26N4S/c1-5-13-24(4)18-9-11-19(12-10-18)25-20(22-23-21(25)26)17-8-6-7-16(14-17)15(2)3/h6-12,14-15H,5,13H2,1-4H3,(H,23,26). The van der Waals surface area contributed by atoms with Gasteiger partial charge in [-0.25, -0.2) is 0 Å². The minimum absolute atomic E-state index is 0.471. The molecular formula is C21H26N4S. The van der Waals surface area contributed by atoms with Crippen molar-refractivity contribution in [2.45, 2.75) is 33.1 Å². The van der Waals surface area contributed by atoms with Gasteiger partial charge in [0.1, 0.15) is 0 Å². The molecule has 0 aliphatic carbocycles. The van der Waals surface area contributed by atoms with E-state index < -0.39 is 0 Å². The number of aromatic amines is 1. The van der Waals surface area contributed by atoms with E-state index in [2.05, 4.69) is 91.4 Å². The van der Waals surface area contributed by atoms with Crippen LogP contribution in [0.2, 0.25) is 0 Å². The lowest BCUT2D eigenvalue weighted by Crippen LogP contribution is -2.17. The number of nitrogens with zero attached hydrogens (tertiary/aromatic N) is 3. The third kappa shape index (κ3) is 3.73.